The second kappa shape index (κ2) is 8.01. The fraction of sp³-hybridized carbons (Fsp3) is 0.533. The van der Waals surface area contributed by atoms with Crippen LogP contribution in [0.3, 0.4) is 0 Å². The predicted molar refractivity (Wildman–Crippen MR) is 88.0 cm³/mol. The summed E-state index contributed by atoms with van der Waals surface area (Å²) in [6.07, 6.45) is 3.82. The highest BCUT2D eigenvalue weighted by Crippen LogP contribution is 2.24. The van der Waals surface area contributed by atoms with E-state index < -0.39 is 0 Å². The number of nitrogens with two attached hydrogens (primary N) is 1. The van der Waals surface area contributed by atoms with Crippen molar-refractivity contribution in [2.75, 3.05) is 0 Å². The zero-order valence-electron chi connectivity index (χ0n) is 11.6. The molecule has 0 radical (unpaired) electrons. The van der Waals surface area contributed by atoms with Gasteiger partial charge in [-0.1, -0.05) is 34.5 Å². The van der Waals surface area contributed by atoms with Gasteiger partial charge in [-0.05, 0) is 43.9 Å². The van der Waals surface area contributed by atoms with E-state index in [9.17, 15) is 4.79 Å². The summed E-state index contributed by atoms with van der Waals surface area (Å²) >= 11 is 3.42. The Morgan fingerprint density at radius 2 is 2.05 bits per heavy atom. The number of rotatable bonds is 4. The average molecular weight is 362 g/mol. The Kier molecular flexibility index (Phi) is 7.00. The van der Waals surface area contributed by atoms with Gasteiger partial charge in [0.25, 0.3) is 0 Å². The summed E-state index contributed by atoms with van der Waals surface area (Å²) in [5.74, 6) is 0.127. The van der Waals surface area contributed by atoms with E-state index in [-0.39, 0.29) is 36.3 Å². The highest BCUT2D eigenvalue weighted by molar-refractivity contribution is 9.10. The summed E-state index contributed by atoms with van der Waals surface area (Å²) in [7, 11) is 0. The Hall–Kier alpha value is -0.580. The van der Waals surface area contributed by atoms with Crippen molar-refractivity contribution in [3.63, 3.8) is 0 Å². The molecule has 1 aromatic carbocycles. The van der Waals surface area contributed by atoms with E-state index in [1.807, 2.05) is 19.1 Å². The molecule has 1 fully saturated rings. The van der Waals surface area contributed by atoms with Gasteiger partial charge in [-0.3, -0.25) is 4.79 Å². The monoisotopic (exact) mass is 360 g/mol. The molecule has 0 heterocycles. The van der Waals surface area contributed by atoms with Crippen molar-refractivity contribution >= 4 is 34.2 Å². The number of carbonyl (C=O) groups is 1. The third-order valence-corrected chi connectivity index (χ3v) is 4.28. The minimum atomic E-state index is 0. The lowest BCUT2D eigenvalue weighted by molar-refractivity contribution is -0.125. The van der Waals surface area contributed by atoms with Crippen molar-refractivity contribution in [1.29, 1.82) is 0 Å². The Labute approximate surface area is 135 Å². The highest BCUT2D eigenvalue weighted by Gasteiger charge is 2.30. The predicted octanol–water partition coefficient (Wildman–Crippen LogP) is 3.05. The Morgan fingerprint density at radius 3 is 2.60 bits per heavy atom. The van der Waals surface area contributed by atoms with E-state index in [1.165, 1.54) is 5.56 Å². The number of carbonyl (C=O) groups excluding carboxylic acids is 1. The molecule has 20 heavy (non-hydrogen) atoms. The molecule has 1 saturated carbocycles. The van der Waals surface area contributed by atoms with Crippen molar-refractivity contribution in [3.05, 3.63) is 34.3 Å². The van der Waals surface area contributed by atoms with Crippen LogP contribution in [0.4, 0.5) is 0 Å². The van der Waals surface area contributed by atoms with Gasteiger partial charge in [0.05, 0.1) is 5.92 Å². The standard InChI is InChI=1S/C15H21BrN2O.ClH/c1-10(9-11-5-7-12(16)8-6-11)18-15(19)13-3-2-4-14(13)17;/h5-8,10,13-14H,2-4,9,17H2,1H3,(H,18,19);1H. The van der Waals surface area contributed by atoms with Crippen molar-refractivity contribution in [1.82, 2.24) is 5.32 Å². The van der Waals surface area contributed by atoms with Gasteiger partial charge in [-0.15, -0.1) is 12.4 Å². The highest BCUT2D eigenvalue weighted by atomic mass is 79.9. The molecule has 3 atom stereocenters. The maximum absolute atomic E-state index is 12.1. The zero-order chi connectivity index (χ0) is 13.8. The first kappa shape index (κ1) is 17.5. The summed E-state index contributed by atoms with van der Waals surface area (Å²) < 4.78 is 1.07. The van der Waals surface area contributed by atoms with Gasteiger partial charge in [-0.2, -0.15) is 0 Å². The normalized spacial score (nSPS) is 22.9. The minimum Gasteiger partial charge on any atom is -0.353 e. The molecular formula is C15H22BrClN2O. The number of nitrogens with one attached hydrogen (secondary N) is 1. The molecule has 3 unspecified atom stereocenters. The van der Waals surface area contributed by atoms with Crippen molar-refractivity contribution in [2.24, 2.45) is 11.7 Å². The molecule has 0 spiro atoms. The summed E-state index contributed by atoms with van der Waals surface area (Å²) in [5.41, 5.74) is 7.19. The van der Waals surface area contributed by atoms with E-state index in [4.69, 9.17) is 5.73 Å². The second-order valence-electron chi connectivity index (χ2n) is 5.44. The number of benzene rings is 1. The first-order chi connectivity index (χ1) is 9.06. The largest absolute Gasteiger partial charge is 0.353 e. The zero-order valence-corrected chi connectivity index (χ0v) is 14.0. The number of amides is 1. The van der Waals surface area contributed by atoms with Crippen molar-refractivity contribution in [3.8, 4) is 0 Å². The van der Waals surface area contributed by atoms with Crippen molar-refractivity contribution in [2.45, 2.75) is 44.7 Å². The first-order valence-electron chi connectivity index (χ1n) is 6.86. The lowest BCUT2D eigenvalue weighted by atomic mass is 10.0. The molecule has 0 aliphatic heterocycles. The molecule has 0 bridgehead atoms. The molecule has 1 aromatic rings. The van der Waals surface area contributed by atoms with Gasteiger partial charge in [0.2, 0.25) is 5.91 Å². The molecule has 3 nitrogen and oxygen atoms in total. The molecule has 1 aliphatic carbocycles. The van der Waals surface area contributed by atoms with Gasteiger partial charge in [-0.25, -0.2) is 0 Å². The van der Waals surface area contributed by atoms with Gasteiger partial charge in [0, 0.05) is 16.6 Å². The van der Waals surface area contributed by atoms with E-state index in [0.717, 1.165) is 30.2 Å². The molecular weight excluding hydrogens is 340 g/mol. The molecule has 112 valence electrons. The van der Waals surface area contributed by atoms with Gasteiger partial charge >= 0.3 is 0 Å². The van der Waals surface area contributed by atoms with E-state index in [1.54, 1.807) is 0 Å². The fourth-order valence-corrected chi connectivity index (χ4v) is 2.95. The topological polar surface area (TPSA) is 55.1 Å². The van der Waals surface area contributed by atoms with Crippen LogP contribution in [-0.4, -0.2) is 18.0 Å². The van der Waals surface area contributed by atoms with Crippen LogP contribution < -0.4 is 11.1 Å². The second-order valence-corrected chi connectivity index (χ2v) is 6.36. The molecule has 5 heteroatoms. The molecule has 0 aromatic heterocycles. The van der Waals surface area contributed by atoms with Crippen LogP contribution in [0.5, 0.6) is 0 Å². The van der Waals surface area contributed by atoms with Crippen LogP contribution in [0.2, 0.25) is 0 Å². The molecule has 1 amide bonds. The van der Waals surface area contributed by atoms with Gasteiger partial charge < -0.3 is 11.1 Å². The van der Waals surface area contributed by atoms with Crippen LogP contribution >= 0.6 is 28.3 Å². The van der Waals surface area contributed by atoms with E-state index in [0.29, 0.717) is 0 Å². The van der Waals surface area contributed by atoms with Crippen LogP contribution in [0.15, 0.2) is 28.7 Å². The van der Waals surface area contributed by atoms with Crippen LogP contribution in [0.1, 0.15) is 31.7 Å². The quantitative estimate of drug-likeness (QED) is 0.866. The Balaban J connectivity index is 0.00000200. The SMILES string of the molecule is CC(Cc1ccc(Br)cc1)NC(=O)C1CCCC1N.Cl. The summed E-state index contributed by atoms with van der Waals surface area (Å²) in [5, 5.41) is 3.08. The minimum absolute atomic E-state index is 0. The van der Waals surface area contributed by atoms with E-state index >= 15 is 0 Å². The molecule has 3 N–H and O–H groups in total. The van der Waals surface area contributed by atoms with Crippen molar-refractivity contribution < 1.29 is 4.79 Å². The number of halogens is 2. The van der Waals surface area contributed by atoms with E-state index in [2.05, 4.69) is 33.4 Å². The van der Waals surface area contributed by atoms with Gasteiger partial charge in [0.15, 0.2) is 0 Å². The maximum atomic E-state index is 12.1. The summed E-state index contributed by atoms with van der Waals surface area (Å²) in [4.78, 5) is 12.1. The smallest absolute Gasteiger partial charge is 0.224 e. The lowest BCUT2D eigenvalue weighted by Crippen LogP contribution is -2.43. The molecule has 1 aliphatic rings. The average Bonchev–Trinajstić information content (AvgIpc) is 2.78. The third-order valence-electron chi connectivity index (χ3n) is 3.75. The number of hydrogen-bond donors (Lipinski definition) is 2. The van der Waals surface area contributed by atoms with Gasteiger partial charge in [0.1, 0.15) is 0 Å². The summed E-state index contributed by atoms with van der Waals surface area (Å²) in [6.45, 7) is 2.04. The van der Waals surface area contributed by atoms with Crippen LogP contribution in [-0.2, 0) is 11.2 Å². The first-order valence-corrected chi connectivity index (χ1v) is 7.66. The van der Waals surface area contributed by atoms with Crippen LogP contribution in [0.25, 0.3) is 0 Å². The Bertz CT molecular complexity index is 438. The summed E-state index contributed by atoms with van der Waals surface area (Å²) in [6, 6.07) is 8.39. The third kappa shape index (κ3) is 4.76. The Morgan fingerprint density at radius 1 is 1.40 bits per heavy atom. The maximum Gasteiger partial charge on any atom is 0.224 e. The molecule has 2 rings (SSSR count). The number of hydrogen-bond acceptors (Lipinski definition) is 2. The molecule has 0 saturated heterocycles. The van der Waals surface area contributed by atoms with Crippen LogP contribution in [0, 0.1) is 5.92 Å². The fourth-order valence-electron chi connectivity index (χ4n) is 2.69. The lowest BCUT2D eigenvalue weighted by Gasteiger charge is -2.19.